The SMILES string of the molecule is CCC(C)I.COc1ccc(C#N)c(N)c1. The molecule has 1 aromatic rings. The Morgan fingerprint density at radius 1 is 1.56 bits per heavy atom. The van der Waals surface area contributed by atoms with Crippen LogP contribution in [0.1, 0.15) is 25.8 Å². The number of nitrogen functional groups attached to an aromatic ring is 1. The Labute approximate surface area is 111 Å². The van der Waals surface area contributed by atoms with E-state index in [0.29, 0.717) is 17.0 Å². The summed E-state index contributed by atoms with van der Waals surface area (Å²) in [6.45, 7) is 4.40. The van der Waals surface area contributed by atoms with E-state index < -0.39 is 0 Å². The predicted octanol–water partition coefficient (Wildman–Crippen LogP) is 3.37. The minimum Gasteiger partial charge on any atom is -0.497 e. The number of nitriles is 1. The summed E-state index contributed by atoms with van der Waals surface area (Å²) in [5.74, 6) is 0.668. The third-order valence-electron chi connectivity index (χ3n) is 1.94. The molecule has 0 aliphatic rings. The largest absolute Gasteiger partial charge is 0.497 e. The highest BCUT2D eigenvalue weighted by atomic mass is 127. The van der Waals surface area contributed by atoms with Crippen LogP contribution in [-0.4, -0.2) is 11.0 Å². The average Bonchev–Trinajstić information content (AvgIpc) is 2.29. The van der Waals surface area contributed by atoms with Crippen molar-refractivity contribution in [3.8, 4) is 11.8 Å². The van der Waals surface area contributed by atoms with Crippen molar-refractivity contribution >= 4 is 28.3 Å². The van der Waals surface area contributed by atoms with E-state index in [1.54, 1.807) is 25.3 Å². The van der Waals surface area contributed by atoms with Gasteiger partial charge in [0.15, 0.2) is 0 Å². The van der Waals surface area contributed by atoms with Gasteiger partial charge in [0, 0.05) is 9.99 Å². The summed E-state index contributed by atoms with van der Waals surface area (Å²) in [6.07, 6.45) is 1.29. The Kier molecular flexibility index (Phi) is 7.73. The van der Waals surface area contributed by atoms with Crippen molar-refractivity contribution in [2.24, 2.45) is 0 Å². The highest BCUT2D eigenvalue weighted by Gasteiger charge is 1.97. The summed E-state index contributed by atoms with van der Waals surface area (Å²) >= 11 is 2.41. The second-order valence-electron chi connectivity index (χ2n) is 3.25. The van der Waals surface area contributed by atoms with Crippen LogP contribution < -0.4 is 10.5 Å². The van der Waals surface area contributed by atoms with Crippen LogP contribution in [0, 0.1) is 11.3 Å². The molecule has 88 valence electrons. The third kappa shape index (κ3) is 5.81. The van der Waals surface area contributed by atoms with Crippen molar-refractivity contribution in [2.75, 3.05) is 12.8 Å². The lowest BCUT2D eigenvalue weighted by atomic mass is 10.2. The van der Waals surface area contributed by atoms with Crippen LogP contribution in [0.25, 0.3) is 0 Å². The van der Waals surface area contributed by atoms with E-state index in [4.69, 9.17) is 15.7 Å². The summed E-state index contributed by atoms with van der Waals surface area (Å²) in [5.41, 5.74) is 6.43. The van der Waals surface area contributed by atoms with Crippen LogP contribution in [-0.2, 0) is 0 Å². The molecule has 1 unspecified atom stereocenters. The van der Waals surface area contributed by atoms with Crippen molar-refractivity contribution in [2.45, 2.75) is 24.2 Å². The van der Waals surface area contributed by atoms with Gasteiger partial charge in [-0.25, -0.2) is 0 Å². The molecule has 0 aliphatic carbocycles. The lowest BCUT2D eigenvalue weighted by Gasteiger charge is -2.00. The van der Waals surface area contributed by atoms with Crippen molar-refractivity contribution < 1.29 is 4.74 Å². The predicted molar refractivity (Wildman–Crippen MR) is 75.9 cm³/mol. The number of alkyl halides is 1. The van der Waals surface area contributed by atoms with E-state index in [1.807, 2.05) is 6.07 Å². The highest BCUT2D eigenvalue weighted by molar-refractivity contribution is 14.1. The molecule has 0 spiro atoms. The van der Waals surface area contributed by atoms with Crippen molar-refractivity contribution in [1.29, 1.82) is 5.26 Å². The summed E-state index contributed by atoms with van der Waals surface area (Å²) in [4.78, 5) is 0. The van der Waals surface area contributed by atoms with E-state index in [2.05, 4.69) is 36.4 Å². The zero-order valence-corrected chi connectivity index (χ0v) is 12.0. The van der Waals surface area contributed by atoms with Crippen LogP contribution in [0.5, 0.6) is 5.75 Å². The number of ether oxygens (including phenoxy) is 1. The van der Waals surface area contributed by atoms with Gasteiger partial charge in [0.1, 0.15) is 11.8 Å². The maximum Gasteiger partial charge on any atom is 0.121 e. The first kappa shape index (κ1) is 15.0. The zero-order valence-electron chi connectivity index (χ0n) is 9.83. The Hall–Kier alpha value is -0.960. The molecule has 0 fully saturated rings. The number of methoxy groups -OCH3 is 1. The first-order chi connectivity index (χ1) is 7.54. The summed E-state index contributed by atoms with van der Waals surface area (Å²) in [7, 11) is 1.56. The molecular formula is C12H17IN2O. The molecule has 1 rings (SSSR count). The average molecular weight is 332 g/mol. The summed E-state index contributed by atoms with van der Waals surface area (Å²) in [6, 6.07) is 6.93. The number of hydrogen-bond donors (Lipinski definition) is 1. The number of nitrogens with zero attached hydrogens (tertiary/aromatic N) is 1. The topological polar surface area (TPSA) is 59.0 Å². The number of nitrogens with two attached hydrogens (primary N) is 1. The number of halogens is 1. The molecule has 0 radical (unpaired) electrons. The van der Waals surface area contributed by atoms with Gasteiger partial charge in [-0.2, -0.15) is 5.26 Å². The summed E-state index contributed by atoms with van der Waals surface area (Å²) in [5, 5.41) is 8.51. The van der Waals surface area contributed by atoms with Gasteiger partial charge in [-0.3, -0.25) is 0 Å². The highest BCUT2D eigenvalue weighted by Crippen LogP contribution is 2.18. The lowest BCUT2D eigenvalue weighted by Crippen LogP contribution is -1.91. The molecule has 0 saturated heterocycles. The number of rotatable bonds is 2. The fourth-order valence-electron chi connectivity index (χ4n) is 0.770. The van der Waals surface area contributed by atoms with Gasteiger partial charge < -0.3 is 10.5 Å². The van der Waals surface area contributed by atoms with Crippen molar-refractivity contribution in [3.05, 3.63) is 23.8 Å². The molecule has 0 amide bonds. The second-order valence-corrected chi connectivity index (χ2v) is 5.38. The molecular weight excluding hydrogens is 315 g/mol. The standard InChI is InChI=1S/C8H8N2O.C4H9I/c1-11-7-3-2-6(5-9)8(10)4-7;1-3-4(2)5/h2-4H,10H2,1H3;4H,3H2,1-2H3. The lowest BCUT2D eigenvalue weighted by molar-refractivity contribution is 0.415. The van der Waals surface area contributed by atoms with E-state index in [9.17, 15) is 0 Å². The van der Waals surface area contributed by atoms with Crippen LogP contribution in [0.3, 0.4) is 0 Å². The zero-order chi connectivity index (χ0) is 12.6. The third-order valence-corrected chi connectivity index (χ3v) is 2.82. The minimum absolute atomic E-state index is 0.451. The Morgan fingerprint density at radius 3 is 2.44 bits per heavy atom. The van der Waals surface area contributed by atoms with Crippen LogP contribution in [0.2, 0.25) is 0 Å². The van der Waals surface area contributed by atoms with E-state index in [1.165, 1.54) is 6.42 Å². The van der Waals surface area contributed by atoms with E-state index in [-0.39, 0.29) is 0 Å². The van der Waals surface area contributed by atoms with Crippen molar-refractivity contribution in [3.63, 3.8) is 0 Å². The first-order valence-corrected chi connectivity index (χ1v) is 6.27. The molecule has 0 aromatic heterocycles. The van der Waals surface area contributed by atoms with Crippen LogP contribution in [0.4, 0.5) is 5.69 Å². The monoisotopic (exact) mass is 332 g/mol. The maximum absolute atomic E-state index is 8.51. The Morgan fingerprint density at radius 2 is 2.12 bits per heavy atom. The van der Waals surface area contributed by atoms with Gasteiger partial charge in [0.2, 0.25) is 0 Å². The first-order valence-electron chi connectivity index (χ1n) is 5.02. The van der Waals surface area contributed by atoms with Gasteiger partial charge >= 0.3 is 0 Å². The van der Waals surface area contributed by atoms with Gasteiger partial charge in [0.25, 0.3) is 0 Å². The van der Waals surface area contributed by atoms with Gasteiger partial charge in [-0.05, 0) is 18.6 Å². The Balaban J connectivity index is 0.000000385. The number of benzene rings is 1. The minimum atomic E-state index is 0.451. The molecule has 3 nitrogen and oxygen atoms in total. The van der Waals surface area contributed by atoms with Crippen LogP contribution >= 0.6 is 22.6 Å². The molecule has 0 saturated carbocycles. The van der Waals surface area contributed by atoms with Gasteiger partial charge in [0.05, 0.1) is 18.4 Å². The smallest absolute Gasteiger partial charge is 0.121 e. The quantitative estimate of drug-likeness (QED) is 0.513. The molecule has 2 N–H and O–H groups in total. The molecule has 1 atom stereocenters. The maximum atomic E-state index is 8.51. The van der Waals surface area contributed by atoms with Crippen LogP contribution in [0.15, 0.2) is 18.2 Å². The molecule has 0 heterocycles. The summed E-state index contributed by atoms with van der Waals surface area (Å²) < 4.78 is 5.76. The second kappa shape index (κ2) is 8.22. The number of hydrogen-bond acceptors (Lipinski definition) is 3. The van der Waals surface area contributed by atoms with Gasteiger partial charge in [-0.15, -0.1) is 0 Å². The number of anilines is 1. The van der Waals surface area contributed by atoms with E-state index >= 15 is 0 Å². The fourth-order valence-corrected chi connectivity index (χ4v) is 0.770. The van der Waals surface area contributed by atoms with Crippen molar-refractivity contribution in [1.82, 2.24) is 0 Å². The molecule has 16 heavy (non-hydrogen) atoms. The molecule has 1 aromatic carbocycles. The fraction of sp³-hybridized carbons (Fsp3) is 0.417. The molecule has 0 bridgehead atoms. The van der Waals surface area contributed by atoms with Gasteiger partial charge in [-0.1, -0.05) is 36.4 Å². The molecule has 0 aliphatic heterocycles. The van der Waals surface area contributed by atoms with E-state index in [0.717, 1.165) is 3.92 Å². The molecule has 4 heteroatoms. The Bertz CT molecular complexity index is 359. The normalized spacial score (nSPS) is 10.7.